The van der Waals surface area contributed by atoms with Crippen molar-refractivity contribution in [3.8, 4) is 0 Å². The highest BCUT2D eigenvalue weighted by Crippen LogP contribution is 2.56. The SMILES string of the molecule is O=C(CN1C(=O)[C@@H]2[C@H]3CC[C@@H](C3)[C@@H]2C1=O)Nc1ccc(Cl)cc1Cl. The number of hydrogen-bond donors (Lipinski definition) is 1. The number of nitrogens with one attached hydrogen (secondary N) is 1. The molecule has 3 aliphatic rings. The van der Waals surface area contributed by atoms with E-state index in [0.717, 1.165) is 24.2 Å². The van der Waals surface area contributed by atoms with Crippen LogP contribution in [0.25, 0.3) is 0 Å². The van der Waals surface area contributed by atoms with Gasteiger partial charge in [0.1, 0.15) is 6.54 Å². The van der Waals surface area contributed by atoms with Crippen molar-refractivity contribution in [3.05, 3.63) is 28.2 Å². The number of nitrogens with zero attached hydrogens (tertiary/aromatic N) is 1. The summed E-state index contributed by atoms with van der Waals surface area (Å²) in [5.74, 6) is -0.589. The summed E-state index contributed by atoms with van der Waals surface area (Å²) in [4.78, 5) is 38.5. The Hall–Kier alpha value is -1.59. The highest BCUT2D eigenvalue weighted by Gasteiger charge is 2.60. The van der Waals surface area contributed by atoms with Gasteiger partial charge >= 0.3 is 0 Å². The first-order valence-corrected chi connectivity index (χ1v) is 8.81. The minimum absolute atomic E-state index is 0.186. The van der Waals surface area contributed by atoms with Crippen LogP contribution in [0.1, 0.15) is 19.3 Å². The zero-order valence-electron chi connectivity index (χ0n) is 12.8. The van der Waals surface area contributed by atoms with Gasteiger partial charge in [0.15, 0.2) is 0 Å². The molecule has 0 radical (unpaired) electrons. The highest BCUT2D eigenvalue weighted by molar-refractivity contribution is 6.36. The number of carbonyl (C=O) groups is 3. The van der Waals surface area contributed by atoms with Gasteiger partial charge in [-0.2, -0.15) is 0 Å². The molecule has 0 spiro atoms. The lowest BCUT2D eigenvalue weighted by Gasteiger charge is -2.19. The smallest absolute Gasteiger partial charge is 0.244 e. The Morgan fingerprint density at radius 1 is 1.12 bits per heavy atom. The van der Waals surface area contributed by atoms with Crippen molar-refractivity contribution in [1.29, 1.82) is 0 Å². The predicted octanol–water partition coefficient (Wildman–Crippen LogP) is 2.96. The van der Waals surface area contributed by atoms with Crippen LogP contribution in [0.15, 0.2) is 18.2 Å². The zero-order valence-corrected chi connectivity index (χ0v) is 14.3. The topological polar surface area (TPSA) is 66.5 Å². The number of likely N-dealkylation sites (tertiary alicyclic amines) is 1. The lowest BCUT2D eigenvalue weighted by atomic mass is 9.81. The summed E-state index contributed by atoms with van der Waals surface area (Å²) in [7, 11) is 0. The van der Waals surface area contributed by atoms with Crippen LogP contribution in [0, 0.1) is 23.7 Å². The van der Waals surface area contributed by atoms with Gasteiger partial charge in [-0.05, 0) is 49.3 Å². The first-order chi connectivity index (χ1) is 11.5. The van der Waals surface area contributed by atoms with Crippen molar-refractivity contribution >= 4 is 46.6 Å². The number of hydrogen-bond acceptors (Lipinski definition) is 3. The van der Waals surface area contributed by atoms with E-state index in [9.17, 15) is 14.4 Å². The summed E-state index contributed by atoms with van der Waals surface area (Å²) in [5, 5.41) is 3.41. The molecule has 0 unspecified atom stereocenters. The molecule has 4 atom stereocenters. The number of benzene rings is 1. The number of imide groups is 1. The minimum atomic E-state index is -0.437. The van der Waals surface area contributed by atoms with Crippen LogP contribution in [0.5, 0.6) is 0 Å². The fourth-order valence-corrected chi connectivity index (χ4v) is 5.01. The van der Waals surface area contributed by atoms with E-state index < -0.39 is 5.91 Å². The van der Waals surface area contributed by atoms with Gasteiger partial charge in [-0.3, -0.25) is 19.3 Å². The third kappa shape index (κ3) is 2.42. The summed E-state index contributed by atoms with van der Waals surface area (Å²) in [6.07, 6.45) is 3.02. The number of carbonyl (C=O) groups excluding carboxylic acids is 3. The molecule has 1 aliphatic heterocycles. The lowest BCUT2D eigenvalue weighted by Crippen LogP contribution is -2.39. The normalized spacial score (nSPS) is 30.8. The third-order valence-electron chi connectivity index (χ3n) is 5.53. The quantitative estimate of drug-likeness (QED) is 0.836. The van der Waals surface area contributed by atoms with Crippen LogP contribution in [0.4, 0.5) is 5.69 Å². The second-order valence-corrected chi connectivity index (χ2v) is 7.66. The Balaban J connectivity index is 1.46. The molecule has 5 nitrogen and oxygen atoms in total. The summed E-state index contributed by atoms with van der Waals surface area (Å²) in [6.45, 7) is -0.261. The number of fused-ring (bicyclic) bond motifs is 5. The molecule has 2 saturated carbocycles. The van der Waals surface area contributed by atoms with Gasteiger partial charge < -0.3 is 5.32 Å². The fourth-order valence-electron chi connectivity index (χ4n) is 4.55. The number of anilines is 1. The Morgan fingerprint density at radius 3 is 2.33 bits per heavy atom. The standard InChI is InChI=1S/C17H16Cl2N2O3/c18-10-3-4-12(11(19)6-10)20-13(22)7-21-16(23)14-8-1-2-9(5-8)15(14)17(21)24/h3-4,6,8-9,14-15H,1-2,5,7H2,(H,20,22)/t8-,9-,14-,15+/m0/s1. The Morgan fingerprint density at radius 2 is 1.75 bits per heavy atom. The zero-order chi connectivity index (χ0) is 17.0. The molecular formula is C17H16Cl2N2O3. The van der Waals surface area contributed by atoms with Gasteiger partial charge in [-0.15, -0.1) is 0 Å². The maximum Gasteiger partial charge on any atom is 0.244 e. The average molecular weight is 367 g/mol. The van der Waals surface area contributed by atoms with Crippen LogP contribution in [0.3, 0.4) is 0 Å². The maximum absolute atomic E-state index is 12.6. The molecule has 126 valence electrons. The van der Waals surface area contributed by atoms with E-state index in [1.807, 2.05) is 0 Å². The van der Waals surface area contributed by atoms with Gasteiger partial charge in [0.2, 0.25) is 17.7 Å². The van der Waals surface area contributed by atoms with Crippen molar-refractivity contribution in [2.45, 2.75) is 19.3 Å². The Kier molecular flexibility index (Phi) is 3.81. The van der Waals surface area contributed by atoms with Gasteiger partial charge in [0.05, 0.1) is 22.5 Å². The van der Waals surface area contributed by atoms with Crippen molar-refractivity contribution in [2.24, 2.45) is 23.7 Å². The molecule has 2 aliphatic carbocycles. The molecule has 4 rings (SSSR count). The van der Waals surface area contributed by atoms with E-state index in [-0.39, 0.29) is 30.2 Å². The summed E-state index contributed by atoms with van der Waals surface area (Å²) in [6, 6.07) is 4.72. The molecule has 1 heterocycles. The van der Waals surface area contributed by atoms with E-state index >= 15 is 0 Å². The van der Waals surface area contributed by atoms with Crippen molar-refractivity contribution < 1.29 is 14.4 Å². The average Bonchev–Trinajstić information content (AvgIpc) is 3.20. The second-order valence-electron chi connectivity index (χ2n) is 6.82. The molecule has 0 aromatic heterocycles. The molecule has 1 aromatic carbocycles. The van der Waals surface area contributed by atoms with Crippen LogP contribution in [-0.4, -0.2) is 29.2 Å². The highest BCUT2D eigenvalue weighted by atomic mass is 35.5. The van der Waals surface area contributed by atoms with E-state index in [2.05, 4.69) is 5.32 Å². The summed E-state index contributed by atoms with van der Waals surface area (Å²) in [5.41, 5.74) is 0.408. The number of amides is 3. The van der Waals surface area contributed by atoms with Gasteiger partial charge in [0, 0.05) is 5.02 Å². The summed E-state index contributed by atoms with van der Waals surface area (Å²) >= 11 is 11.8. The molecule has 1 N–H and O–H groups in total. The molecular weight excluding hydrogens is 351 g/mol. The first-order valence-electron chi connectivity index (χ1n) is 8.06. The predicted molar refractivity (Wildman–Crippen MR) is 89.6 cm³/mol. The minimum Gasteiger partial charge on any atom is -0.323 e. The van der Waals surface area contributed by atoms with E-state index in [4.69, 9.17) is 23.2 Å². The largest absolute Gasteiger partial charge is 0.323 e. The molecule has 24 heavy (non-hydrogen) atoms. The summed E-state index contributed by atoms with van der Waals surface area (Å²) < 4.78 is 0. The number of rotatable bonds is 3. The van der Waals surface area contributed by atoms with E-state index in [0.29, 0.717) is 27.6 Å². The van der Waals surface area contributed by atoms with E-state index in [1.54, 1.807) is 12.1 Å². The molecule has 7 heteroatoms. The van der Waals surface area contributed by atoms with Gasteiger partial charge in [0.25, 0.3) is 0 Å². The van der Waals surface area contributed by atoms with Crippen LogP contribution in [0.2, 0.25) is 10.0 Å². The fraction of sp³-hybridized carbons (Fsp3) is 0.471. The van der Waals surface area contributed by atoms with Crippen molar-refractivity contribution in [2.75, 3.05) is 11.9 Å². The van der Waals surface area contributed by atoms with Crippen LogP contribution in [-0.2, 0) is 14.4 Å². The molecule has 1 aromatic rings. The van der Waals surface area contributed by atoms with Crippen molar-refractivity contribution in [3.63, 3.8) is 0 Å². The third-order valence-corrected chi connectivity index (χ3v) is 6.07. The molecule has 3 amide bonds. The lowest BCUT2D eigenvalue weighted by molar-refractivity contribution is -0.143. The second kappa shape index (κ2) is 5.74. The van der Waals surface area contributed by atoms with Crippen molar-refractivity contribution in [1.82, 2.24) is 4.90 Å². The number of halogens is 2. The molecule has 1 saturated heterocycles. The maximum atomic E-state index is 12.6. The van der Waals surface area contributed by atoms with Crippen LogP contribution < -0.4 is 5.32 Å². The molecule has 2 bridgehead atoms. The van der Waals surface area contributed by atoms with Gasteiger partial charge in [-0.25, -0.2) is 0 Å². The molecule has 3 fully saturated rings. The van der Waals surface area contributed by atoms with Gasteiger partial charge in [-0.1, -0.05) is 23.2 Å². The Bertz CT molecular complexity index is 723. The first kappa shape index (κ1) is 15.9. The van der Waals surface area contributed by atoms with E-state index in [1.165, 1.54) is 6.07 Å². The Labute approximate surface area is 149 Å². The van der Waals surface area contributed by atoms with Crippen LogP contribution >= 0.6 is 23.2 Å². The monoisotopic (exact) mass is 366 g/mol.